The maximum absolute atomic E-state index is 12.3. The molecule has 0 spiro atoms. The van der Waals surface area contributed by atoms with Crippen LogP contribution < -0.4 is 5.73 Å². The van der Waals surface area contributed by atoms with Crippen LogP contribution in [0.3, 0.4) is 0 Å². The lowest BCUT2D eigenvalue weighted by Gasteiger charge is -2.32. The fraction of sp³-hybridized carbons (Fsp3) is 0.769. The fourth-order valence-corrected chi connectivity index (χ4v) is 2.47. The van der Waals surface area contributed by atoms with E-state index in [-0.39, 0.29) is 17.4 Å². The van der Waals surface area contributed by atoms with Gasteiger partial charge in [0.05, 0.1) is 5.41 Å². The molecule has 2 N–H and O–H groups in total. The minimum Gasteiger partial charge on any atom is -0.345 e. The molecule has 0 heterocycles. The number of amides is 1. The molecule has 1 aliphatic carbocycles. The molecule has 2 unspecified atom stereocenters. The van der Waals surface area contributed by atoms with Crippen LogP contribution in [0.1, 0.15) is 39.0 Å². The molecule has 1 aliphatic rings. The van der Waals surface area contributed by atoms with Gasteiger partial charge in [-0.1, -0.05) is 12.5 Å². The van der Waals surface area contributed by atoms with Crippen LogP contribution in [-0.2, 0) is 4.79 Å². The SMILES string of the molecule is C=CCCCN(C)C(=O)C1(C)CCCC1N. The first-order valence-electron chi connectivity index (χ1n) is 6.14. The molecular formula is C13H24N2O. The highest BCUT2D eigenvalue weighted by atomic mass is 16.2. The summed E-state index contributed by atoms with van der Waals surface area (Å²) in [5.74, 6) is 0.210. The zero-order chi connectivity index (χ0) is 12.2. The van der Waals surface area contributed by atoms with E-state index in [1.807, 2.05) is 24.9 Å². The van der Waals surface area contributed by atoms with E-state index in [0.717, 1.165) is 38.6 Å². The Morgan fingerprint density at radius 3 is 2.88 bits per heavy atom. The van der Waals surface area contributed by atoms with E-state index < -0.39 is 0 Å². The Morgan fingerprint density at radius 2 is 2.38 bits per heavy atom. The number of carbonyl (C=O) groups is 1. The van der Waals surface area contributed by atoms with Crippen molar-refractivity contribution in [2.24, 2.45) is 11.1 Å². The lowest BCUT2D eigenvalue weighted by molar-refractivity contribution is -0.140. The van der Waals surface area contributed by atoms with Gasteiger partial charge in [-0.2, -0.15) is 0 Å². The quantitative estimate of drug-likeness (QED) is 0.573. The largest absolute Gasteiger partial charge is 0.345 e. The minimum absolute atomic E-state index is 0.0295. The van der Waals surface area contributed by atoms with Crippen LogP contribution in [0.25, 0.3) is 0 Å². The predicted molar refractivity (Wildman–Crippen MR) is 67.0 cm³/mol. The number of nitrogens with zero attached hydrogens (tertiary/aromatic N) is 1. The van der Waals surface area contributed by atoms with Gasteiger partial charge in [0.2, 0.25) is 5.91 Å². The summed E-state index contributed by atoms with van der Waals surface area (Å²) in [7, 11) is 1.88. The molecule has 0 aromatic carbocycles. The predicted octanol–water partition coefficient (Wildman–Crippen LogP) is 1.93. The van der Waals surface area contributed by atoms with Crippen molar-refractivity contribution < 1.29 is 4.79 Å². The third-order valence-corrected chi connectivity index (χ3v) is 3.77. The van der Waals surface area contributed by atoms with E-state index in [9.17, 15) is 4.79 Å². The summed E-state index contributed by atoms with van der Waals surface area (Å²) in [6, 6.07) is 0.0295. The first-order chi connectivity index (χ1) is 7.52. The fourth-order valence-electron chi connectivity index (χ4n) is 2.47. The summed E-state index contributed by atoms with van der Waals surface area (Å²) in [4.78, 5) is 14.1. The normalized spacial score (nSPS) is 29.1. The summed E-state index contributed by atoms with van der Waals surface area (Å²) in [5.41, 5.74) is 5.71. The van der Waals surface area contributed by atoms with Crippen LogP contribution >= 0.6 is 0 Å². The van der Waals surface area contributed by atoms with Crippen molar-refractivity contribution in [2.75, 3.05) is 13.6 Å². The molecule has 1 fully saturated rings. The van der Waals surface area contributed by atoms with Gasteiger partial charge >= 0.3 is 0 Å². The van der Waals surface area contributed by atoms with Gasteiger partial charge in [0.15, 0.2) is 0 Å². The molecule has 0 aromatic heterocycles. The van der Waals surface area contributed by atoms with Crippen LogP contribution in [0.2, 0.25) is 0 Å². The molecule has 1 saturated carbocycles. The summed E-state index contributed by atoms with van der Waals surface area (Å²) in [5, 5.41) is 0. The van der Waals surface area contributed by atoms with Crippen LogP contribution in [-0.4, -0.2) is 30.4 Å². The Kier molecular flexibility index (Phi) is 4.54. The van der Waals surface area contributed by atoms with Gasteiger partial charge in [-0.05, 0) is 32.6 Å². The molecule has 2 atom stereocenters. The van der Waals surface area contributed by atoms with Gasteiger partial charge in [0.25, 0.3) is 0 Å². The molecule has 0 bridgehead atoms. The van der Waals surface area contributed by atoms with Crippen molar-refractivity contribution >= 4 is 5.91 Å². The number of carbonyl (C=O) groups excluding carboxylic acids is 1. The molecule has 0 aromatic rings. The molecular weight excluding hydrogens is 200 g/mol. The standard InChI is InChI=1S/C13H24N2O/c1-4-5-6-10-15(3)12(16)13(2)9-7-8-11(13)14/h4,11H,1,5-10,14H2,2-3H3. The summed E-state index contributed by atoms with van der Waals surface area (Å²) in [6.45, 7) is 6.49. The first-order valence-corrected chi connectivity index (χ1v) is 6.14. The average Bonchev–Trinajstić information content (AvgIpc) is 2.59. The number of nitrogens with two attached hydrogens (primary N) is 1. The Hall–Kier alpha value is -0.830. The number of unbranched alkanes of at least 4 members (excludes halogenated alkanes) is 1. The number of allylic oxidation sites excluding steroid dienone is 1. The summed E-state index contributed by atoms with van der Waals surface area (Å²) in [6.07, 6.45) is 6.81. The first kappa shape index (κ1) is 13.2. The molecule has 0 saturated heterocycles. The van der Waals surface area contributed by atoms with Gasteiger partial charge in [0, 0.05) is 19.6 Å². The van der Waals surface area contributed by atoms with Gasteiger partial charge in [-0.25, -0.2) is 0 Å². The molecule has 1 rings (SSSR count). The monoisotopic (exact) mass is 224 g/mol. The van der Waals surface area contributed by atoms with E-state index >= 15 is 0 Å². The van der Waals surface area contributed by atoms with Crippen LogP contribution in [0.5, 0.6) is 0 Å². The lowest BCUT2D eigenvalue weighted by Crippen LogP contribution is -2.48. The van der Waals surface area contributed by atoms with E-state index in [2.05, 4.69) is 6.58 Å². The van der Waals surface area contributed by atoms with Gasteiger partial charge < -0.3 is 10.6 Å². The highest BCUT2D eigenvalue weighted by Crippen LogP contribution is 2.38. The number of hydrogen-bond acceptors (Lipinski definition) is 2. The van der Waals surface area contributed by atoms with Crippen molar-refractivity contribution in [3.63, 3.8) is 0 Å². The Bertz CT molecular complexity index is 265. The molecule has 0 aliphatic heterocycles. The molecule has 0 radical (unpaired) electrons. The van der Waals surface area contributed by atoms with Crippen molar-refractivity contribution in [3.05, 3.63) is 12.7 Å². The number of hydrogen-bond donors (Lipinski definition) is 1. The van der Waals surface area contributed by atoms with E-state index in [1.54, 1.807) is 0 Å². The van der Waals surface area contributed by atoms with E-state index in [1.165, 1.54) is 0 Å². The summed E-state index contributed by atoms with van der Waals surface area (Å²) < 4.78 is 0. The van der Waals surface area contributed by atoms with Gasteiger partial charge in [-0.3, -0.25) is 4.79 Å². The van der Waals surface area contributed by atoms with Crippen molar-refractivity contribution in [1.82, 2.24) is 4.90 Å². The minimum atomic E-state index is -0.330. The Morgan fingerprint density at radius 1 is 1.69 bits per heavy atom. The van der Waals surface area contributed by atoms with Crippen LogP contribution in [0, 0.1) is 5.41 Å². The molecule has 16 heavy (non-hydrogen) atoms. The molecule has 3 heteroatoms. The second kappa shape index (κ2) is 5.48. The average molecular weight is 224 g/mol. The molecule has 3 nitrogen and oxygen atoms in total. The van der Waals surface area contributed by atoms with Gasteiger partial charge in [0.1, 0.15) is 0 Å². The summed E-state index contributed by atoms with van der Waals surface area (Å²) >= 11 is 0. The van der Waals surface area contributed by atoms with Crippen molar-refractivity contribution in [2.45, 2.75) is 45.1 Å². The van der Waals surface area contributed by atoms with Crippen molar-refractivity contribution in [1.29, 1.82) is 0 Å². The smallest absolute Gasteiger partial charge is 0.229 e. The molecule has 1 amide bonds. The zero-order valence-corrected chi connectivity index (χ0v) is 10.5. The maximum atomic E-state index is 12.3. The topological polar surface area (TPSA) is 46.3 Å². The lowest BCUT2D eigenvalue weighted by atomic mass is 9.83. The van der Waals surface area contributed by atoms with Gasteiger partial charge in [-0.15, -0.1) is 6.58 Å². The highest BCUT2D eigenvalue weighted by molar-refractivity contribution is 5.83. The van der Waals surface area contributed by atoms with Crippen molar-refractivity contribution in [3.8, 4) is 0 Å². The Labute approximate surface area is 98.7 Å². The maximum Gasteiger partial charge on any atom is 0.229 e. The third-order valence-electron chi connectivity index (χ3n) is 3.77. The van der Waals surface area contributed by atoms with Crippen LogP contribution in [0.4, 0.5) is 0 Å². The second-order valence-electron chi connectivity index (χ2n) is 5.07. The highest BCUT2D eigenvalue weighted by Gasteiger charge is 2.44. The number of rotatable bonds is 5. The Balaban J connectivity index is 2.52. The van der Waals surface area contributed by atoms with Crippen LogP contribution in [0.15, 0.2) is 12.7 Å². The third kappa shape index (κ3) is 2.64. The zero-order valence-electron chi connectivity index (χ0n) is 10.5. The second-order valence-corrected chi connectivity index (χ2v) is 5.07. The van der Waals surface area contributed by atoms with E-state index in [0.29, 0.717) is 0 Å². The van der Waals surface area contributed by atoms with E-state index in [4.69, 9.17) is 5.73 Å². The molecule has 92 valence electrons.